The number of rotatable bonds is 6. The van der Waals surface area contributed by atoms with Gasteiger partial charge in [0.1, 0.15) is 0 Å². The molecule has 0 unspecified atom stereocenters. The second kappa shape index (κ2) is 7.04. The maximum Gasteiger partial charge on any atom is 0.222 e. The second-order valence-corrected chi connectivity index (χ2v) is 4.19. The van der Waals surface area contributed by atoms with Crippen LogP contribution < -0.4 is 5.32 Å². The summed E-state index contributed by atoms with van der Waals surface area (Å²) in [4.78, 5) is 11.5. The number of aryl methyl sites for hydroxylation is 1. The van der Waals surface area contributed by atoms with E-state index in [4.69, 9.17) is 0 Å². The average molecular weight is 219 g/mol. The van der Waals surface area contributed by atoms with Gasteiger partial charge in [0.15, 0.2) is 0 Å². The fourth-order valence-electron chi connectivity index (χ4n) is 1.51. The molecule has 88 valence electrons. The monoisotopic (exact) mass is 219 g/mol. The molecule has 0 saturated heterocycles. The first-order chi connectivity index (χ1) is 7.74. The third-order valence-corrected chi connectivity index (χ3v) is 2.84. The van der Waals surface area contributed by atoms with Crippen molar-refractivity contribution >= 4 is 5.91 Å². The van der Waals surface area contributed by atoms with E-state index in [1.807, 2.05) is 32.0 Å². The smallest absolute Gasteiger partial charge is 0.222 e. The number of hydrogen-bond donors (Lipinski definition) is 1. The fourth-order valence-corrected chi connectivity index (χ4v) is 1.51. The van der Waals surface area contributed by atoms with Crippen LogP contribution in [0.3, 0.4) is 0 Å². The van der Waals surface area contributed by atoms with Crippen LogP contribution >= 0.6 is 0 Å². The Morgan fingerprint density at radius 1 is 1.31 bits per heavy atom. The van der Waals surface area contributed by atoms with Crippen LogP contribution in [-0.2, 0) is 11.2 Å². The van der Waals surface area contributed by atoms with Crippen molar-refractivity contribution in [3.05, 3.63) is 35.9 Å². The molecular formula is C14H21NO. The molecule has 2 heteroatoms. The maximum absolute atomic E-state index is 11.5. The lowest BCUT2D eigenvalue weighted by Gasteiger charge is -2.09. The van der Waals surface area contributed by atoms with Crippen molar-refractivity contribution < 1.29 is 4.79 Å². The number of nitrogens with one attached hydrogen (secondary N) is 1. The SMILES string of the molecule is CC[C@@H](C)C(=O)NCCCc1ccccc1. The van der Waals surface area contributed by atoms with Crippen LogP contribution in [0.25, 0.3) is 0 Å². The van der Waals surface area contributed by atoms with E-state index in [0.717, 1.165) is 25.8 Å². The van der Waals surface area contributed by atoms with Gasteiger partial charge in [-0.2, -0.15) is 0 Å². The lowest BCUT2D eigenvalue weighted by molar-refractivity contribution is -0.124. The highest BCUT2D eigenvalue weighted by Crippen LogP contribution is 2.02. The molecule has 1 atom stereocenters. The Hall–Kier alpha value is -1.31. The second-order valence-electron chi connectivity index (χ2n) is 4.19. The van der Waals surface area contributed by atoms with E-state index in [-0.39, 0.29) is 11.8 Å². The third kappa shape index (κ3) is 4.47. The quantitative estimate of drug-likeness (QED) is 0.732. The summed E-state index contributed by atoms with van der Waals surface area (Å²) >= 11 is 0. The minimum atomic E-state index is 0.136. The minimum Gasteiger partial charge on any atom is -0.356 e. The lowest BCUT2D eigenvalue weighted by Crippen LogP contribution is -2.29. The van der Waals surface area contributed by atoms with Gasteiger partial charge in [0.2, 0.25) is 5.91 Å². The molecule has 0 fully saturated rings. The van der Waals surface area contributed by atoms with Crippen molar-refractivity contribution in [1.82, 2.24) is 5.32 Å². The zero-order valence-corrected chi connectivity index (χ0v) is 10.2. The van der Waals surface area contributed by atoms with E-state index >= 15 is 0 Å². The molecule has 1 rings (SSSR count). The topological polar surface area (TPSA) is 29.1 Å². The minimum absolute atomic E-state index is 0.136. The van der Waals surface area contributed by atoms with E-state index < -0.39 is 0 Å². The first-order valence-electron chi connectivity index (χ1n) is 6.05. The number of carbonyl (C=O) groups excluding carboxylic acids is 1. The highest BCUT2D eigenvalue weighted by Gasteiger charge is 2.08. The molecule has 1 N–H and O–H groups in total. The van der Waals surface area contributed by atoms with Gasteiger partial charge in [-0.15, -0.1) is 0 Å². The van der Waals surface area contributed by atoms with Gasteiger partial charge < -0.3 is 5.32 Å². The molecule has 0 aliphatic heterocycles. The third-order valence-electron chi connectivity index (χ3n) is 2.84. The van der Waals surface area contributed by atoms with Crippen LogP contribution in [-0.4, -0.2) is 12.5 Å². The van der Waals surface area contributed by atoms with Crippen molar-refractivity contribution in [2.24, 2.45) is 5.92 Å². The molecule has 0 bridgehead atoms. The summed E-state index contributed by atoms with van der Waals surface area (Å²) in [7, 11) is 0. The molecule has 1 aromatic rings. The van der Waals surface area contributed by atoms with Gasteiger partial charge in [-0.1, -0.05) is 44.2 Å². The zero-order chi connectivity index (χ0) is 11.8. The first kappa shape index (κ1) is 12.8. The highest BCUT2D eigenvalue weighted by molar-refractivity contribution is 5.78. The lowest BCUT2D eigenvalue weighted by atomic mass is 10.1. The van der Waals surface area contributed by atoms with Gasteiger partial charge >= 0.3 is 0 Å². The molecule has 0 heterocycles. The van der Waals surface area contributed by atoms with Gasteiger partial charge in [-0.3, -0.25) is 4.79 Å². The number of benzene rings is 1. The Balaban J connectivity index is 2.15. The predicted molar refractivity (Wildman–Crippen MR) is 67.2 cm³/mol. The normalized spacial score (nSPS) is 12.1. The van der Waals surface area contributed by atoms with Crippen molar-refractivity contribution in [2.75, 3.05) is 6.54 Å². The van der Waals surface area contributed by atoms with Crippen LogP contribution in [0.15, 0.2) is 30.3 Å². The molecule has 0 spiro atoms. The molecular weight excluding hydrogens is 198 g/mol. The summed E-state index contributed by atoms with van der Waals surface area (Å²) in [6.07, 6.45) is 2.94. The van der Waals surface area contributed by atoms with Crippen LogP contribution in [0.4, 0.5) is 0 Å². The molecule has 0 aliphatic carbocycles. The Morgan fingerprint density at radius 2 is 2.00 bits per heavy atom. The van der Waals surface area contributed by atoms with Crippen molar-refractivity contribution in [2.45, 2.75) is 33.1 Å². The van der Waals surface area contributed by atoms with Gasteiger partial charge in [-0.25, -0.2) is 0 Å². The Kier molecular flexibility index (Phi) is 5.62. The summed E-state index contributed by atoms with van der Waals surface area (Å²) in [6, 6.07) is 10.4. The first-order valence-corrected chi connectivity index (χ1v) is 6.05. The fraction of sp³-hybridized carbons (Fsp3) is 0.500. The van der Waals surface area contributed by atoms with E-state index in [1.165, 1.54) is 5.56 Å². The maximum atomic E-state index is 11.5. The van der Waals surface area contributed by atoms with E-state index in [2.05, 4.69) is 17.4 Å². The molecule has 1 amide bonds. The van der Waals surface area contributed by atoms with Gasteiger partial charge in [0.25, 0.3) is 0 Å². The van der Waals surface area contributed by atoms with E-state index in [1.54, 1.807) is 0 Å². The highest BCUT2D eigenvalue weighted by atomic mass is 16.1. The molecule has 2 nitrogen and oxygen atoms in total. The summed E-state index contributed by atoms with van der Waals surface area (Å²) < 4.78 is 0. The summed E-state index contributed by atoms with van der Waals surface area (Å²) in [5, 5.41) is 2.96. The van der Waals surface area contributed by atoms with E-state index in [9.17, 15) is 4.79 Å². The average Bonchev–Trinajstić information content (AvgIpc) is 2.34. The largest absolute Gasteiger partial charge is 0.356 e. The van der Waals surface area contributed by atoms with E-state index in [0.29, 0.717) is 0 Å². The summed E-state index contributed by atoms with van der Waals surface area (Å²) in [5.74, 6) is 0.312. The number of carbonyl (C=O) groups is 1. The summed E-state index contributed by atoms with van der Waals surface area (Å²) in [5.41, 5.74) is 1.33. The summed E-state index contributed by atoms with van der Waals surface area (Å²) in [6.45, 7) is 4.78. The van der Waals surface area contributed by atoms with Crippen LogP contribution in [0, 0.1) is 5.92 Å². The Bertz CT molecular complexity index is 308. The molecule has 0 aromatic heterocycles. The molecule has 16 heavy (non-hydrogen) atoms. The Morgan fingerprint density at radius 3 is 2.62 bits per heavy atom. The Labute approximate surface area is 98.1 Å². The van der Waals surface area contributed by atoms with Crippen LogP contribution in [0.2, 0.25) is 0 Å². The molecule has 0 saturated carbocycles. The predicted octanol–water partition coefficient (Wildman–Crippen LogP) is 2.78. The number of hydrogen-bond acceptors (Lipinski definition) is 1. The van der Waals surface area contributed by atoms with Crippen molar-refractivity contribution in [1.29, 1.82) is 0 Å². The van der Waals surface area contributed by atoms with Crippen LogP contribution in [0.5, 0.6) is 0 Å². The molecule has 0 aliphatic rings. The van der Waals surface area contributed by atoms with Gasteiger partial charge in [0, 0.05) is 12.5 Å². The molecule has 1 aromatic carbocycles. The number of amides is 1. The standard InChI is InChI=1S/C14H21NO/c1-3-12(2)14(16)15-11-7-10-13-8-5-4-6-9-13/h4-6,8-9,12H,3,7,10-11H2,1-2H3,(H,15,16)/t12-/m1/s1. The van der Waals surface area contributed by atoms with Crippen molar-refractivity contribution in [3.63, 3.8) is 0 Å². The van der Waals surface area contributed by atoms with Crippen molar-refractivity contribution in [3.8, 4) is 0 Å². The van der Waals surface area contributed by atoms with Gasteiger partial charge in [-0.05, 0) is 24.8 Å². The van der Waals surface area contributed by atoms with Crippen LogP contribution in [0.1, 0.15) is 32.3 Å². The molecule has 0 radical (unpaired) electrons. The van der Waals surface area contributed by atoms with Gasteiger partial charge in [0.05, 0.1) is 0 Å². The zero-order valence-electron chi connectivity index (χ0n) is 10.2.